The van der Waals surface area contributed by atoms with Crippen molar-refractivity contribution in [2.75, 3.05) is 18.1 Å². The molecule has 0 saturated carbocycles. The summed E-state index contributed by atoms with van der Waals surface area (Å²) in [5.74, 6) is -0.527. The fourth-order valence-corrected chi connectivity index (χ4v) is 3.63. The summed E-state index contributed by atoms with van der Waals surface area (Å²) in [6.07, 6.45) is 5.91. The molecule has 2 aliphatic heterocycles. The minimum Gasteiger partial charge on any atom is -0.477 e. The lowest BCUT2D eigenvalue weighted by Gasteiger charge is -2.47. The van der Waals surface area contributed by atoms with E-state index in [9.17, 15) is 4.79 Å². The van der Waals surface area contributed by atoms with Gasteiger partial charge in [-0.05, 0) is 44.9 Å². The zero-order chi connectivity index (χ0) is 15.0. The average molecular weight is 290 g/mol. The SMILES string of the molecule is CN1C2CCCC1CC(Nc1nc(C(=O)O)ccc1N)C2. The van der Waals surface area contributed by atoms with Gasteiger partial charge in [0.1, 0.15) is 5.82 Å². The highest BCUT2D eigenvalue weighted by Gasteiger charge is 2.36. The second-order valence-electron chi connectivity index (χ2n) is 6.16. The van der Waals surface area contributed by atoms with Gasteiger partial charge in [0.05, 0.1) is 5.69 Å². The van der Waals surface area contributed by atoms with E-state index in [1.54, 1.807) is 6.07 Å². The minimum atomic E-state index is -1.03. The van der Waals surface area contributed by atoms with Crippen molar-refractivity contribution in [2.24, 2.45) is 0 Å². The number of aromatic nitrogens is 1. The third-order valence-electron chi connectivity index (χ3n) is 4.83. The Hall–Kier alpha value is -1.82. The molecule has 2 saturated heterocycles. The van der Waals surface area contributed by atoms with Gasteiger partial charge in [-0.1, -0.05) is 6.42 Å². The lowest BCUT2D eigenvalue weighted by atomic mass is 9.82. The van der Waals surface area contributed by atoms with Crippen LogP contribution in [0.15, 0.2) is 12.1 Å². The average Bonchev–Trinajstić information content (AvgIpc) is 2.42. The fourth-order valence-electron chi connectivity index (χ4n) is 3.63. The number of pyridine rings is 1. The molecule has 1 aromatic heterocycles. The molecule has 2 fully saturated rings. The molecule has 6 heteroatoms. The van der Waals surface area contributed by atoms with Gasteiger partial charge >= 0.3 is 5.97 Å². The Morgan fingerprint density at radius 2 is 2.05 bits per heavy atom. The second kappa shape index (κ2) is 5.52. The highest BCUT2D eigenvalue weighted by atomic mass is 16.4. The van der Waals surface area contributed by atoms with E-state index in [0.717, 1.165) is 12.8 Å². The van der Waals surface area contributed by atoms with E-state index in [4.69, 9.17) is 10.8 Å². The third-order valence-corrected chi connectivity index (χ3v) is 4.83. The number of piperidine rings is 2. The Morgan fingerprint density at radius 1 is 1.38 bits per heavy atom. The number of nitrogens with two attached hydrogens (primary N) is 1. The van der Waals surface area contributed by atoms with Gasteiger partial charge in [0.25, 0.3) is 0 Å². The van der Waals surface area contributed by atoms with Crippen LogP contribution in [0, 0.1) is 0 Å². The number of rotatable bonds is 3. The number of nitrogens with zero attached hydrogens (tertiary/aromatic N) is 2. The molecule has 3 heterocycles. The number of aromatic carboxylic acids is 1. The van der Waals surface area contributed by atoms with Crippen LogP contribution >= 0.6 is 0 Å². The third kappa shape index (κ3) is 2.81. The first-order valence-electron chi connectivity index (χ1n) is 7.53. The Morgan fingerprint density at radius 3 is 2.67 bits per heavy atom. The summed E-state index contributed by atoms with van der Waals surface area (Å²) in [4.78, 5) is 17.6. The van der Waals surface area contributed by atoms with Crippen molar-refractivity contribution in [2.45, 2.75) is 50.2 Å². The van der Waals surface area contributed by atoms with Crippen molar-refractivity contribution < 1.29 is 9.90 Å². The van der Waals surface area contributed by atoms with Crippen molar-refractivity contribution >= 4 is 17.5 Å². The first-order valence-corrected chi connectivity index (χ1v) is 7.53. The monoisotopic (exact) mass is 290 g/mol. The van der Waals surface area contributed by atoms with Gasteiger partial charge in [0.15, 0.2) is 5.69 Å². The van der Waals surface area contributed by atoms with Crippen molar-refractivity contribution in [3.63, 3.8) is 0 Å². The quantitative estimate of drug-likeness (QED) is 0.786. The summed E-state index contributed by atoms with van der Waals surface area (Å²) in [7, 11) is 2.21. The van der Waals surface area contributed by atoms with Crippen molar-refractivity contribution in [3.05, 3.63) is 17.8 Å². The zero-order valence-corrected chi connectivity index (χ0v) is 12.2. The van der Waals surface area contributed by atoms with Crippen molar-refractivity contribution in [1.82, 2.24) is 9.88 Å². The molecule has 0 radical (unpaired) electrons. The Kier molecular flexibility index (Phi) is 3.71. The molecular weight excluding hydrogens is 268 g/mol. The maximum absolute atomic E-state index is 11.0. The van der Waals surface area contributed by atoms with Crippen LogP contribution in [0.5, 0.6) is 0 Å². The molecule has 3 rings (SSSR count). The Balaban J connectivity index is 1.75. The lowest BCUT2D eigenvalue weighted by Crippen LogP contribution is -2.52. The summed E-state index contributed by atoms with van der Waals surface area (Å²) in [6, 6.07) is 4.58. The summed E-state index contributed by atoms with van der Waals surface area (Å²) < 4.78 is 0. The molecule has 114 valence electrons. The number of carboxylic acid groups (broad SMARTS) is 1. The Bertz CT molecular complexity index is 534. The molecule has 0 spiro atoms. The molecule has 0 aliphatic carbocycles. The van der Waals surface area contributed by atoms with Crippen LogP contribution < -0.4 is 11.1 Å². The van der Waals surface area contributed by atoms with Gasteiger partial charge in [0.2, 0.25) is 0 Å². The van der Waals surface area contributed by atoms with E-state index in [2.05, 4.69) is 22.2 Å². The lowest BCUT2D eigenvalue weighted by molar-refractivity contribution is 0.0607. The molecule has 0 amide bonds. The summed E-state index contributed by atoms with van der Waals surface area (Å²) in [6.45, 7) is 0. The number of anilines is 2. The van der Waals surface area contributed by atoms with Crippen LogP contribution in [0.2, 0.25) is 0 Å². The number of fused-ring (bicyclic) bond motifs is 2. The van der Waals surface area contributed by atoms with Gasteiger partial charge in [0, 0.05) is 18.1 Å². The molecule has 6 nitrogen and oxygen atoms in total. The van der Waals surface area contributed by atoms with Crippen LogP contribution in [0.25, 0.3) is 0 Å². The molecular formula is C15H22N4O2. The van der Waals surface area contributed by atoms with Gasteiger partial charge in [-0.3, -0.25) is 0 Å². The number of carbonyl (C=O) groups is 1. The highest BCUT2D eigenvalue weighted by molar-refractivity contribution is 5.86. The topological polar surface area (TPSA) is 91.5 Å². The van der Waals surface area contributed by atoms with E-state index >= 15 is 0 Å². The number of hydrogen-bond acceptors (Lipinski definition) is 5. The predicted molar refractivity (Wildman–Crippen MR) is 81.4 cm³/mol. The standard InChI is InChI=1S/C15H22N4O2/c1-19-10-3-2-4-11(19)8-9(7-10)17-14-12(16)5-6-13(18-14)15(20)21/h5-6,9-11H,2-4,7-8,16H2,1H3,(H,17,18)(H,20,21). The van der Waals surface area contributed by atoms with Crippen molar-refractivity contribution in [1.29, 1.82) is 0 Å². The first kappa shape index (κ1) is 14.1. The van der Waals surface area contributed by atoms with E-state index in [-0.39, 0.29) is 5.69 Å². The fraction of sp³-hybridized carbons (Fsp3) is 0.600. The van der Waals surface area contributed by atoms with E-state index in [1.165, 1.54) is 25.3 Å². The van der Waals surface area contributed by atoms with Crippen LogP contribution in [-0.4, -0.2) is 46.1 Å². The minimum absolute atomic E-state index is 0.0276. The largest absolute Gasteiger partial charge is 0.477 e. The van der Waals surface area contributed by atoms with E-state index in [0.29, 0.717) is 29.6 Å². The Labute approximate surface area is 124 Å². The maximum atomic E-state index is 11.0. The predicted octanol–water partition coefficient (Wildman–Crippen LogP) is 1.79. The van der Waals surface area contributed by atoms with Crippen LogP contribution in [0.3, 0.4) is 0 Å². The maximum Gasteiger partial charge on any atom is 0.354 e. The van der Waals surface area contributed by atoms with Crippen LogP contribution in [0.4, 0.5) is 11.5 Å². The number of nitrogen functional groups attached to an aromatic ring is 1. The second-order valence-corrected chi connectivity index (χ2v) is 6.16. The molecule has 2 bridgehead atoms. The number of hydrogen-bond donors (Lipinski definition) is 3. The van der Waals surface area contributed by atoms with E-state index in [1.807, 2.05) is 0 Å². The van der Waals surface area contributed by atoms with Gasteiger partial charge < -0.3 is 21.1 Å². The van der Waals surface area contributed by atoms with Gasteiger partial charge in [-0.25, -0.2) is 9.78 Å². The highest BCUT2D eigenvalue weighted by Crippen LogP contribution is 2.34. The molecule has 0 aromatic carbocycles. The first-order chi connectivity index (χ1) is 10.0. The molecule has 2 atom stereocenters. The zero-order valence-electron chi connectivity index (χ0n) is 12.2. The molecule has 2 aliphatic rings. The summed E-state index contributed by atoms with van der Waals surface area (Å²) in [5, 5.41) is 12.4. The normalized spacial score (nSPS) is 29.1. The number of carboxylic acids is 1. The summed E-state index contributed by atoms with van der Waals surface area (Å²) >= 11 is 0. The van der Waals surface area contributed by atoms with Gasteiger partial charge in [-0.15, -0.1) is 0 Å². The van der Waals surface area contributed by atoms with Crippen LogP contribution in [-0.2, 0) is 0 Å². The van der Waals surface area contributed by atoms with E-state index < -0.39 is 5.97 Å². The van der Waals surface area contributed by atoms with Crippen molar-refractivity contribution in [3.8, 4) is 0 Å². The molecule has 21 heavy (non-hydrogen) atoms. The molecule has 4 N–H and O–H groups in total. The molecule has 2 unspecified atom stereocenters. The summed E-state index contributed by atoms with van der Waals surface area (Å²) in [5.41, 5.74) is 6.45. The molecule has 1 aromatic rings. The van der Waals surface area contributed by atoms with Gasteiger partial charge in [-0.2, -0.15) is 0 Å². The smallest absolute Gasteiger partial charge is 0.354 e. The van der Waals surface area contributed by atoms with Crippen LogP contribution in [0.1, 0.15) is 42.6 Å². The number of nitrogens with one attached hydrogen (secondary N) is 1.